The molecule has 1 atom stereocenters. The maximum atomic E-state index is 12.3. The molecule has 0 aromatic heterocycles. The van der Waals surface area contributed by atoms with Crippen LogP contribution in [0.1, 0.15) is 18.9 Å². The van der Waals surface area contributed by atoms with Crippen LogP contribution in [0.15, 0.2) is 29.4 Å². The van der Waals surface area contributed by atoms with Gasteiger partial charge in [0.15, 0.2) is 0 Å². The molecule has 0 bridgehead atoms. The maximum absolute atomic E-state index is 12.3. The van der Waals surface area contributed by atoms with Crippen molar-refractivity contribution in [3.05, 3.63) is 29.8 Å². The van der Waals surface area contributed by atoms with Gasteiger partial charge < -0.3 is 14.7 Å². The average molecular weight is 289 g/mol. The molecule has 20 heavy (non-hydrogen) atoms. The van der Waals surface area contributed by atoms with Gasteiger partial charge in [-0.05, 0) is 19.1 Å². The molecule has 0 saturated heterocycles. The lowest BCUT2D eigenvalue weighted by atomic mass is 9.96. The van der Waals surface area contributed by atoms with Crippen molar-refractivity contribution < 1.29 is 32.6 Å². The SMILES string of the molecule is CC1(C(=O)O)CC(c2ccccc2OC(F)(F)F)=NO1. The van der Waals surface area contributed by atoms with E-state index in [1.807, 2.05) is 0 Å². The Morgan fingerprint density at radius 3 is 2.65 bits per heavy atom. The van der Waals surface area contributed by atoms with Gasteiger partial charge in [-0.2, -0.15) is 0 Å². The molecule has 0 fully saturated rings. The van der Waals surface area contributed by atoms with Crippen LogP contribution in [0.5, 0.6) is 5.75 Å². The highest BCUT2D eigenvalue weighted by molar-refractivity contribution is 6.06. The third-order valence-corrected chi connectivity index (χ3v) is 2.74. The number of halogens is 3. The molecule has 0 saturated carbocycles. The van der Waals surface area contributed by atoms with Crippen LogP contribution in [0.4, 0.5) is 13.2 Å². The number of carbonyl (C=O) groups is 1. The van der Waals surface area contributed by atoms with E-state index >= 15 is 0 Å². The number of aliphatic carboxylic acids is 1. The van der Waals surface area contributed by atoms with Crippen molar-refractivity contribution in [3.63, 3.8) is 0 Å². The topological polar surface area (TPSA) is 68.1 Å². The van der Waals surface area contributed by atoms with E-state index in [-0.39, 0.29) is 17.7 Å². The van der Waals surface area contributed by atoms with E-state index in [1.54, 1.807) is 0 Å². The molecular formula is C12H10F3NO4. The number of carboxylic acids is 1. The Balaban J connectivity index is 2.29. The largest absolute Gasteiger partial charge is 0.573 e. The van der Waals surface area contributed by atoms with E-state index in [1.165, 1.54) is 25.1 Å². The lowest BCUT2D eigenvalue weighted by Gasteiger charge is -2.15. The zero-order chi connectivity index (χ0) is 15.0. The van der Waals surface area contributed by atoms with E-state index in [9.17, 15) is 18.0 Å². The van der Waals surface area contributed by atoms with Crippen molar-refractivity contribution >= 4 is 11.7 Å². The Kier molecular flexibility index (Phi) is 3.33. The fourth-order valence-corrected chi connectivity index (χ4v) is 1.72. The number of benzene rings is 1. The van der Waals surface area contributed by atoms with Crippen LogP contribution in [-0.4, -0.2) is 28.8 Å². The lowest BCUT2D eigenvalue weighted by Crippen LogP contribution is -2.35. The van der Waals surface area contributed by atoms with Gasteiger partial charge in [-0.3, -0.25) is 0 Å². The molecule has 108 valence electrons. The third-order valence-electron chi connectivity index (χ3n) is 2.74. The number of para-hydroxylation sites is 1. The minimum atomic E-state index is -4.84. The molecule has 0 aliphatic carbocycles. The summed E-state index contributed by atoms with van der Waals surface area (Å²) < 4.78 is 40.8. The third kappa shape index (κ3) is 2.84. The second-order valence-electron chi connectivity index (χ2n) is 4.39. The number of alkyl halides is 3. The predicted molar refractivity (Wildman–Crippen MR) is 61.4 cm³/mol. The molecule has 1 heterocycles. The zero-order valence-corrected chi connectivity index (χ0v) is 10.3. The van der Waals surface area contributed by atoms with Crippen LogP contribution < -0.4 is 4.74 Å². The smallest absolute Gasteiger partial charge is 0.478 e. The number of carboxylic acid groups (broad SMARTS) is 1. The van der Waals surface area contributed by atoms with Crippen molar-refractivity contribution in [2.24, 2.45) is 5.16 Å². The van der Waals surface area contributed by atoms with Gasteiger partial charge in [-0.15, -0.1) is 13.2 Å². The normalized spacial score (nSPS) is 22.1. The predicted octanol–water partition coefficient (Wildman–Crippen LogP) is 2.55. The highest BCUT2D eigenvalue weighted by atomic mass is 19.4. The zero-order valence-electron chi connectivity index (χ0n) is 10.3. The molecule has 1 aromatic rings. The molecule has 1 N–H and O–H groups in total. The summed E-state index contributed by atoms with van der Waals surface area (Å²) in [5.41, 5.74) is -1.44. The molecule has 2 rings (SSSR count). The molecule has 0 spiro atoms. The monoisotopic (exact) mass is 289 g/mol. The Labute approximate surface area is 111 Å². The minimum Gasteiger partial charge on any atom is -0.478 e. The quantitative estimate of drug-likeness (QED) is 0.928. The maximum Gasteiger partial charge on any atom is 0.573 e. The summed E-state index contributed by atoms with van der Waals surface area (Å²) in [6.07, 6.45) is -4.99. The summed E-state index contributed by atoms with van der Waals surface area (Å²) in [5, 5.41) is 12.5. The minimum absolute atomic E-state index is 0.0507. The van der Waals surface area contributed by atoms with Gasteiger partial charge in [-0.25, -0.2) is 4.79 Å². The van der Waals surface area contributed by atoms with E-state index in [4.69, 9.17) is 9.94 Å². The Bertz CT molecular complexity index is 570. The molecule has 0 radical (unpaired) electrons. The summed E-state index contributed by atoms with van der Waals surface area (Å²) in [7, 11) is 0. The van der Waals surface area contributed by atoms with Crippen molar-refractivity contribution in [1.29, 1.82) is 0 Å². The molecular weight excluding hydrogens is 279 g/mol. The first-order valence-corrected chi connectivity index (χ1v) is 5.55. The van der Waals surface area contributed by atoms with Gasteiger partial charge in [0.1, 0.15) is 5.75 Å². The van der Waals surface area contributed by atoms with Crippen molar-refractivity contribution in [1.82, 2.24) is 0 Å². The lowest BCUT2D eigenvalue weighted by molar-refractivity contribution is -0.274. The van der Waals surface area contributed by atoms with Gasteiger partial charge in [0.05, 0.1) is 5.71 Å². The van der Waals surface area contributed by atoms with Crippen LogP contribution in [0.3, 0.4) is 0 Å². The molecule has 1 aromatic carbocycles. The average Bonchev–Trinajstić information content (AvgIpc) is 2.72. The fraction of sp³-hybridized carbons (Fsp3) is 0.333. The standard InChI is InChI=1S/C12H10F3NO4/c1-11(10(17)18)6-8(16-20-11)7-4-2-3-5-9(7)19-12(13,14)15/h2-5H,6H2,1H3,(H,17,18). The first kappa shape index (κ1) is 14.2. The van der Waals surface area contributed by atoms with Gasteiger partial charge >= 0.3 is 12.3 Å². The Morgan fingerprint density at radius 2 is 2.10 bits per heavy atom. The van der Waals surface area contributed by atoms with Crippen LogP contribution in [0.25, 0.3) is 0 Å². The summed E-state index contributed by atoms with van der Waals surface area (Å²) in [5.74, 6) is -1.69. The van der Waals surface area contributed by atoms with E-state index < -0.39 is 23.7 Å². The molecule has 1 aliphatic rings. The second kappa shape index (κ2) is 4.69. The highest BCUT2D eigenvalue weighted by Gasteiger charge is 2.43. The van der Waals surface area contributed by atoms with Gasteiger partial charge in [-0.1, -0.05) is 17.3 Å². The molecule has 0 amide bonds. The van der Waals surface area contributed by atoms with E-state index in [2.05, 4.69) is 9.89 Å². The molecule has 1 unspecified atom stereocenters. The Hall–Kier alpha value is -2.25. The molecule has 8 heteroatoms. The highest BCUT2D eigenvalue weighted by Crippen LogP contribution is 2.32. The van der Waals surface area contributed by atoms with Gasteiger partial charge in [0.2, 0.25) is 5.60 Å². The fourth-order valence-electron chi connectivity index (χ4n) is 1.72. The first-order chi connectivity index (χ1) is 9.21. The number of oxime groups is 1. The number of hydrogen-bond donors (Lipinski definition) is 1. The van der Waals surface area contributed by atoms with Crippen LogP contribution in [-0.2, 0) is 9.63 Å². The summed E-state index contributed by atoms with van der Waals surface area (Å²) in [6, 6.07) is 5.35. The van der Waals surface area contributed by atoms with Crippen molar-refractivity contribution in [3.8, 4) is 5.75 Å². The first-order valence-electron chi connectivity index (χ1n) is 5.55. The number of rotatable bonds is 3. The number of hydrogen-bond acceptors (Lipinski definition) is 4. The Morgan fingerprint density at radius 1 is 1.45 bits per heavy atom. The van der Waals surface area contributed by atoms with Crippen molar-refractivity contribution in [2.45, 2.75) is 25.3 Å². The summed E-state index contributed by atoms with van der Waals surface area (Å²) in [6.45, 7) is 1.29. The molecule has 5 nitrogen and oxygen atoms in total. The van der Waals surface area contributed by atoms with Crippen LogP contribution in [0, 0.1) is 0 Å². The number of nitrogens with zero attached hydrogens (tertiary/aromatic N) is 1. The summed E-state index contributed by atoms with van der Waals surface area (Å²) >= 11 is 0. The van der Waals surface area contributed by atoms with Crippen molar-refractivity contribution in [2.75, 3.05) is 0 Å². The second-order valence-corrected chi connectivity index (χ2v) is 4.39. The summed E-state index contributed by atoms with van der Waals surface area (Å²) in [4.78, 5) is 15.8. The van der Waals surface area contributed by atoms with E-state index in [0.717, 1.165) is 6.07 Å². The van der Waals surface area contributed by atoms with Gasteiger partial charge in [0, 0.05) is 12.0 Å². The molecule has 1 aliphatic heterocycles. The van der Waals surface area contributed by atoms with Crippen LogP contribution in [0.2, 0.25) is 0 Å². The number of ether oxygens (including phenoxy) is 1. The van der Waals surface area contributed by atoms with E-state index in [0.29, 0.717) is 0 Å². The van der Waals surface area contributed by atoms with Crippen LogP contribution >= 0.6 is 0 Å². The van der Waals surface area contributed by atoms with Gasteiger partial charge in [0.25, 0.3) is 0 Å².